The van der Waals surface area contributed by atoms with E-state index in [0.29, 0.717) is 44.6 Å². The Bertz CT molecular complexity index is 625. The summed E-state index contributed by atoms with van der Waals surface area (Å²) in [7, 11) is 0. The molecule has 1 saturated carbocycles. The number of nitrogens with zero attached hydrogens (tertiary/aromatic N) is 4. The SMILES string of the molecule is OC1(c2ccc(-n3nccn3)cn2)CCC2(CC1)OCCO2. The van der Waals surface area contributed by atoms with Crippen LogP contribution in [0.1, 0.15) is 31.4 Å². The van der Waals surface area contributed by atoms with Gasteiger partial charge in [-0.2, -0.15) is 15.0 Å². The molecule has 1 aliphatic carbocycles. The van der Waals surface area contributed by atoms with E-state index in [1.807, 2.05) is 12.1 Å². The Labute approximate surface area is 127 Å². The lowest BCUT2D eigenvalue weighted by atomic mass is 9.79. The van der Waals surface area contributed by atoms with E-state index in [4.69, 9.17) is 9.47 Å². The highest BCUT2D eigenvalue weighted by Crippen LogP contribution is 2.44. The second kappa shape index (κ2) is 5.12. The first kappa shape index (κ1) is 13.8. The van der Waals surface area contributed by atoms with E-state index in [9.17, 15) is 5.11 Å². The Morgan fingerprint density at radius 3 is 2.27 bits per heavy atom. The van der Waals surface area contributed by atoms with Crippen LogP contribution in [0.4, 0.5) is 0 Å². The fraction of sp³-hybridized carbons (Fsp3) is 0.533. The lowest BCUT2D eigenvalue weighted by Gasteiger charge is -2.40. The van der Waals surface area contributed by atoms with Gasteiger partial charge in [0.05, 0.1) is 37.5 Å². The third kappa shape index (κ3) is 2.31. The molecule has 116 valence electrons. The molecule has 22 heavy (non-hydrogen) atoms. The van der Waals surface area contributed by atoms with Crippen molar-refractivity contribution in [3.05, 3.63) is 36.4 Å². The van der Waals surface area contributed by atoms with Crippen LogP contribution in [0, 0.1) is 0 Å². The third-order valence-electron chi connectivity index (χ3n) is 4.53. The van der Waals surface area contributed by atoms with Crippen molar-refractivity contribution >= 4 is 0 Å². The molecule has 0 radical (unpaired) electrons. The van der Waals surface area contributed by atoms with Gasteiger partial charge in [0.2, 0.25) is 0 Å². The van der Waals surface area contributed by atoms with Crippen LogP contribution in [0.2, 0.25) is 0 Å². The average Bonchev–Trinajstić information content (AvgIpc) is 3.23. The van der Waals surface area contributed by atoms with E-state index in [1.54, 1.807) is 18.6 Å². The summed E-state index contributed by atoms with van der Waals surface area (Å²) in [5.74, 6) is -0.481. The van der Waals surface area contributed by atoms with Crippen LogP contribution < -0.4 is 0 Å². The number of aliphatic hydroxyl groups is 1. The first-order valence-electron chi connectivity index (χ1n) is 7.53. The van der Waals surface area contributed by atoms with Gasteiger partial charge in [-0.15, -0.1) is 0 Å². The van der Waals surface area contributed by atoms with Crippen LogP contribution in [0.25, 0.3) is 5.69 Å². The standard InChI is InChI=1S/C15H18N4O3/c20-14(3-5-15(6-4-14)21-9-10-22-15)13-2-1-12(11-16-13)19-17-7-8-18-19/h1-2,7-8,11,20H,3-6,9-10H2. The lowest BCUT2D eigenvalue weighted by Crippen LogP contribution is -2.42. The van der Waals surface area contributed by atoms with Gasteiger partial charge in [0.25, 0.3) is 0 Å². The van der Waals surface area contributed by atoms with Crippen LogP contribution in [-0.4, -0.2) is 44.1 Å². The number of rotatable bonds is 2. The molecule has 0 unspecified atom stereocenters. The summed E-state index contributed by atoms with van der Waals surface area (Å²) >= 11 is 0. The monoisotopic (exact) mass is 302 g/mol. The van der Waals surface area contributed by atoms with Gasteiger partial charge in [-0.25, -0.2) is 0 Å². The highest BCUT2D eigenvalue weighted by molar-refractivity contribution is 5.29. The molecule has 2 aromatic heterocycles. The third-order valence-corrected chi connectivity index (χ3v) is 4.53. The Hall–Kier alpha value is -1.83. The summed E-state index contributed by atoms with van der Waals surface area (Å²) < 4.78 is 11.4. The first-order chi connectivity index (χ1) is 10.7. The molecule has 2 aliphatic rings. The molecule has 1 spiro atoms. The van der Waals surface area contributed by atoms with Crippen molar-refractivity contribution in [1.29, 1.82) is 0 Å². The van der Waals surface area contributed by atoms with Crippen LogP contribution in [-0.2, 0) is 15.1 Å². The molecule has 1 aliphatic heterocycles. The summed E-state index contributed by atoms with van der Waals surface area (Å²) in [5, 5.41) is 19.0. The van der Waals surface area contributed by atoms with Crippen molar-refractivity contribution < 1.29 is 14.6 Å². The van der Waals surface area contributed by atoms with Crippen molar-refractivity contribution in [2.75, 3.05) is 13.2 Å². The predicted octanol–water partition coefficient (Wildman–Crippen LogP) is 1.17. The molecule has 1 saturated heterocycles. The molecule has 7 heteroatoms. The van der Waals surface area contributed by atoms with Crippen molar-refractivity contribution in [2.45, 2.75) is 37.1 Å². The smallest absolute Gasteiger partial charge is 0.168 e. The fourth-order valence-electron chi connectivity index (χ4n) is 3.22. The second-order valence-corrected chi connectivity index (χ2v) is 5.86. The van der Waals surface area contributed by atoms with Crippen LogP contribution >= 0.6 is 0 Å². The number of pyridine rings is 1. The van der Waals surface area contributed by atoms with Gasteiger partial charge in [0.15, 0.2) is 5.79 Å². The molecule has 0 atom stereocenters. The summed E-state index contributed by atoms with van der Waals surface area (Å²) in [6, 6.07) is 3.71. The zero-order chi connectivity index (χ0) is 15.0. The van der Waals surface area contributed by atoms with E-state index < -0.39 is 11.4 Å². The van der Waals surface area contributed by atoms with Gasteiger partial charge in [-0.1, -0.05) is 0 Å². The number of hydrogen-bond acceptors (Lipinski definition) is 6. The molecule has 0 bridgehead atoms. The summed E-state index contributed by atoms with van der Waals surface area (Å²) in [6.07, 6.45) is 7.45. The Balaban J connectivity index is 1.52. The van der Waals surface area contributed by atoms with E-state index in [2.05, 4.69) is 15.2 Å². The predicted molar refractivity (Wildman–Crippen MR) is 76.2 cm³/mol. The van der Waals surface area contributed by atoms with E-state index >= 15 is 0 Å². The minimum atomic E-state index is -0.920. The molecule has 1 N–H and O–H groups in total. The molecule has 3 heterocycles. The van der Waals surface area contributed by atoms with E-state index in [-0.39, 0.29) is 0 Å². The highest BCUT2D eigenvalue weighted by Gasteiger charge is 2.46. The highest BCUT2D eigenvalue weighted by atomic mass is 16.7. The van der Waals surface area contributed by atoms with Gasteiger partial charge >= 0.3 is 0 Å². The normalized spacial score (nSPS) is 23.0. The molecular formula is C15H18N4O3. The van der Waals surface area contributed by atoms with Crippen molar-refractivity contribution in [1.82, 2.24) is 20.0 Å². The van der Waals surface area contributed by atoms with Crippen LogP contribution in [0.5, 0.6) is 0 Å². The molecular weight excluding hydrogens is 284 g/mol. The Kier molecular flexibility index (Phi) is 3.21. The van der Waals surface area contributed by atoms with Gasteiger partial charge in [-0.05, 0) is 25.0 Å². The number of ether oxygens (including phenoxy) is 2. The molecule has 0 amide bonds. The van der Waals surface area contributed by atoms with E-state index in [0.717, 1.165) is 5.69 Å². The van der Waals surface area contributed by atoms with Gasteiger partial charge in [-0.3, -0.25) is 4.98 Å². The first-order valence-corrected chi connectivity index (χ1v) is 7.53. The quantitative estimate of drug-likeness (QED) is 0.896. The molecule has 2 aromatic rings. The molecule has 0 aromatic carbocycles. The summed E-state index contributed by atoms with van der Waals surface area (Å²) in [5.41, 5.74) is 0.528. The minimum Gasteiger partial charge on any atom is -0.384 e. The molecule has 4 rings (SSSR count). The van der Waals surface area contributed by atoms with Gasteiger partial charge < -0.3 is 14.6 Å². The van der Waals surface area contributed by atoms with E-state index in [1.165, 1.54) is 4.80 Å². The largest absolute Gasteiger partial charge is 0.384 e. The minimum absolute atomic E-state index is 0.481. The van der Waals surface area contributed by atoms with Crippen molar-refractivity contribution in [2.24, 2.45) is 0 Å². The Morgan fingerprint density at radius 2 is 1.68 bits per heavy atom. The van der Waals surface area contributed by atoms with Crippen LogP contribution in [0.15, 0.2) is 30.7 Å². The summed E-state index contributed by atoms with van der Waals surface area (Å²) in [4.78, 5) is 5.91. The topological polar surface area (TPSA) is 82.3 Å². The molecule has 7 nitrogen and oxygen atoms in total. The second-order valence-electron chi connectivity index (χ2n) is 5.86. The Morgan fingerprint density at radius 1 is 1.00 bits per heavy atom. The number of aromatic nitrogens is 4. The maximum absolute atomic E-state index is 10.9. The lowest BCUT2D eigenvalue weighted by molar-refractivity contribution is -0.204. The van der Waals surface area contributed by atoms with Crippen molar-refractivity contribution in [3.8, 4) is 5.69 Å². The maximum atomic E-state index is 10.9. The van der Waals surface area contributed by atoms with Crippen molar-refractivity contribution in [3.63, 3.8) is 0 Å². The maximum Gasteiger partial charge on any atom is 0.168 e. The van der Waals surface area contributed by atoms with Gasteiger partial charge in [0.1, 0.15) is 11.3 Å². The average molecular weight is 302 g/mol. The zero-order valence-corrected chi connectivity index (χ0v) is 12.2. The molecule has 2 fully saturated rings. The van der Waals surface area contributed by atoms with Crippen LogP contribution in [0.3, 0.4) is 0 Å². The fourth-order valence-corrected chi connectivity index (χ4v) is 3.22. The van der Waals surface area contributed by atoms with Gasteiger partial charge in [0, 0.05) is 12.8 Å². The summed E-state index contributed by atoms with van der Waals surface area (Å²) in [6.45, 7) is 1.28. The number of hydrogen-bond donors (Lipinski definition) is 1. The zero-order valence-electron chi connectivity index (χ0n) is 12.2.